The van der Waals surface area contributed by atoms with Crippen LogP contribution in [0.25, 0.3) is 0 Å². The van der Waals surface area contributed by atoms with Crippen LogP contribution >= 0.6 is 0 Å². The van der Waals surface area contributed by atoms with Crippen LogP contribution in [-0.4, -0.2) is 38.8 Å². The molecule has 1 aliphatic heterocycles. The summed E-state index contributed by atoms with van der Waals surface area (Å²) in [6.07, 6.45) is 0.845. The second kappa shape index (κ2) is 6.08. The van der Waals surface area contributed by atoms with Crippen molar-refractivity contribution in [2.24, 2.45) is 11.8 Å². The number of rotatable bonds is 4. The molecule has 4 heteroatoms. The number of amides is 1. The van der Waals surface area contributed by atoms with Crippen LogP contribution in [0.15, 0.2) is 0 Å². The van der Waals surface area contributed by atoms with Gasteiger partial charge in [0.2, 0.25) is 5.91 Å². The van der Waals surface area contributed by atoms with Crippen LogP contribution in [0.4, 0.5) is 0 Å². The van der Waals surface area contributed by atoms with Gasteiger partial charge >= 0.3 is 0 Å². The summed E-state index contributed by atoms with van der Waals surface area (Å²) in [7, 11) is 1.55. The average Bonchev–Trinajstić information content (AvgIpc) is 2.26. The lowest BCUT2D eigenvalue weighted by Gasteiger charge is -2.29. The highest BCUT2D eigenvalue weighted by atomic mass is 16.5. The quantitative estimate of drug-likeness (QED) is 0.711. The van der Waals surface area contributed by atoms with E-state index in [1.54, 1.807) is 14.0 Å². The molecule has 1 aliphatic rings. The minimum Gasteiger partial charge on any atom is -0.372 e. The van der Waals surface area contributed by atoms with Gasteiger partial charge in [-0.15, -0.1) is 0 Å². The van der Waals surface area contributed by atoms with Gasteiger partial charge in [0.05, 0.1) is 0 Å². The number of carbonyl (C=O) groups excluding carboxylic acids is 1. The third-order valence-electron chi connectivity index (χ3n) is 3.25. The van der Waals surface area contributed by atoms with Crippen LogP contribution in [0.3, 0.4) is 0 Å². The van der Waals surface area contributed by atoms with Crippen LogP contribution in [0, 0.1) is 11.8 Å². The van der Waals surface area contributed by atoms with Gasteiger partial charge in [-0.05, 0) is 38.3 Å². The van der Waals surface area contributed by atoms with Gasteiger partial charge in [0.25, 0.3) is 0 Å². The largest absolute Gasteiger partial charge is 0.372 e. The average molecular weight is 214 g/mol. The summed E-state index contributed by atoms with van der Waals surface area (Å²) in [5.74, 6) is 1.21. The number of methoxy groups -OCH3 is 1. The number of hydrogen-bond acceptors (Lipinski definition) is 3. The molecule has 0 aromatic rings. The molecule has 0 spiro atoms. The molecule has 0 bridgehead atoms. The number of nitrogens with one attached hydrogen (secondary N) is 2. The zero-order valence-corrected chi connectivity index (χ0v) is 9.88. The molecule has 3 atom stereocenters. The first kappa shape index (κ1) is 12.5. The van der Waals surface area contributed by atoms with Crippen LogP contribution < -0.4 is 10.6 Å². The topological polar surface area (TPSA) is 50.4 Å². The van der Waals surface area contributed by atoms with Gasteiger partial charge in [-0.3, -0.25) is 4.79 Å². The molecule has 1 heterocycles. The van der Waals surface area contributed by atoms with Crippen molar-refractivity contribution in [3.8, 4) is 0 Å². The summed E-state index contributed by atoms with van der Waals surface area (Å²) in [6.45, 7) is 6.86. The van der Waals surface area contributed by atoms with Gasteiger partial charge in [-0.1, -0.05) is 6.92 Å². The van der Waals surface area contributed by atoms with Gasteiger partial charge in [-0.25, -0.2) is 0 Å². The molecule has 1 amide bonds. The molecule has 0 saturated carbocycles. The van der Waals surface area contributed by atoms with Crippen molar-refractivity contribution in [3.05, 3.63) is 0 Å². The molecule has 1 rings (SSSR count). The lowest BCUT2D eigenvalue weighted by Crippen LogP contribution is -2.44. The summed E-state index contributed by atoms with van der Waals surface area (Å²) in [5.41, 5.74) is 0. The Morgan fingerprint density at radius 3 is 3.00 bits per heavy atom. The summed E-state index contributed by atoms with van der Waals surface area (Å²) >= 11 is 0. The van der Waals surface area contributed by atoms with E-state index in [1.165, 1.54) is 6.42 Å². The van der Waals surface area contributed by atoms with Gasteiger partial charge in [0, 0.05) is 13.7 Å². The third-order valence-corrected chi connectivity index (χ3v) is 3.25. The fourth-order valence-corrected chi connectivity index (χ4v) is 1.81. The first-order chi connectivity index (χ1) is 7.15. The van der Waals surface area contributed by atoms with E-state index in [-0.39, 0.29) is 12.0 Å². The molecular weight excluding hydrogens is 192 g/mol. The minimum absolute atomic E-state index is 0.0183. The number of carbonyl (C=O) groups is 1. The first-order valence-corrected chi connectivity index (χ1v) is 5.66. The van der Waals surface area contributed by atoms with Gasteiger partial charge in [0.15, 0.2) is 0 Å². The van der Waals surface area contributed by atoms with Crippen LogP contribution in [0.2, 0.25) is 0 Å². The number of piperidine rings is 1. The highest BCUT2D eigenvalue weighted by Crippen LogP contribution is 2.17. The van der Waals surface area contributed by atoms with Crippen molar-refractivity contribution in [3.63, 3.8) is 0 Å². The van der Waals surface area contributed by atoms with Crippen LogP contribution in [-0.2, 0) is 9.53 Å². The molecule has 1 saturated heterocycles. The maximum absolute atomic E-state index is 11.5. The van der Waals surface area contributed by atoms with Crippen LogP contribution in [0.5, 0.6) is 0 Å². The van der Waals surface area contributed by atoms with Crippen molar-refractivity contribution in [1.29, 1.82) is 0 Å². The molecule has 0 radical (unpaired) electrons. The monoisotopic (exact) mass is 214 g/mol. The van der Waals surface area contributed by atoms with Crippen molar-refractivity contribution in [1.82, 2.24) is 10.6 Å². The van der Waals surface area contributed by atoms with Crippen molar-refractivity contribution >= 4 is 5.91 Å². The normalized spacial score (nSPS) is 28.5. The predicted molar refractivity (Wildman–Crippen MR) is 59.6 cm³/mol. The minimum atomic E-state index is -0.350. The molecule has 0 aliphatic carbocycles. The highest BCUT2D eigenvalue weighted by molar-refractivity contribution is 5.80. The molecule has 1 fully saturated rings. The number of ether oxygens (including phenoxy) is 1. The van der Waals surface area contributed by atoms with Crippen molar-refractivity contribution < 1.29 is 9.53 Å². The molecule has 4 nitrogen and oxygen atoms in total. The predicted octanol–water partition coefficient (Wildman–Crippen LogP) is 0.383. The molecule has 88 valence electrons. The molecule has 15 heavy (non-hydrogen) atoms. The maximum Gasteiger partial charge on any atom is 0.248 e. The van der Waals surface area contributed by atoms with E-state index in [2.05, 4.69) is 17.6 Å². The van der Waals surface area contributed by atoms with E-state index < -0.39 is 0 Å². The van der Waals surface area contributed by atoms with E-state index in [0.29, 0.717) is 11.8 Å². The molecule has 3 unspecified atom stereocenters. The fourth-order valence-electron chi connectivity index (χ4n) is 1.81. The fraction of sp³-hybridized carbons (Fsp3) is 0.909. The zero-order valence-electron chi connectivity index (χ0n) is 9.88. The Balaban J connectivity index is 2.26. The van der Waals surface area contributed by atoms with E-state index >= 15 is 0 Å². The Hall–Kier alpha value is -0.610. The Bertz CT molecular complexity index is 209. The van der Waals surface area contributed by atoms with Crippen molar-refractivity contribution in [2.75, 3.05) is 26.7 Å². The van der Waals surface area contributed by atoms with Gasteiger partial charge < -0.3 is 15.4 Å². The van der Waals surface area contributed by atoms with Gasteiger partial charge in [-0.2, -0.15) is 0 Å². The summed E-state index contributed by atoms with van der Waals surface area (Å²) in [4.78, 5) is 11.5. The summed E-state index contributed by atoms with van der Waals surface area (Å²) < 4.78 is 4.95. The highest BCUT2D eigenvalue weighted by Gasteiger charge is 2.22. The summed E-state index contributed by atoms with van der Waals surface area (Å²) in [5, 5.41) is 6.28. The molecule has 2 N–H and O–H groups in total. The van der Waals surface area contributed by atoms with E-state index in [4.69, 9.17) is 4.74 Å². The van der Waals surface area contributed by atoms with Crippen molar-refractivity contribution in [2.45, 2.75) is 26.4 Å². The van der Waals surface area contributed by atoms with Gasteiger partial charge in [0.1, 0.15) is 6.10 Å². The van der Waals surface area contributed by atoms with E-state index in [0.717, 1.165) is 19.6 Å². The van der Waals surface area contributed by atoms with E-state index in [9.17, 15) is 4.79 Å². The van der Waals surface area contributed by atoms with Crippen LogP contribution in [0.1, 0.15) is 20.3 Å². The Labute approximate surface area is 91.8 Å². The lowest BCUT2D eigenvalue weighted by atomic mass is 9.88. The maximum atomic E-state index is 11.5. The molecule has 0 aromatic heterocycles. The SMILES string of the molecule is COC(C)C(=O)NCC1CNCCC1C. The Kier molecular flexibility index (Phi) is 5.05. The first-order valence-electron chi connectivity index (χ1n) is 5.66. The Morgan fingerprint density at radius 2 is 2.40 bits per heavy atom. The molecule has 0 aromatic carbocycles. The Morgan fingerprint density at radius 1 is 1.67 bits per heavy atom. The molecular formula is C11H22N2O2. The number of hydrogen-bond donors (Lipinski definition) is 2. The summed E-state index contributed by atoms with van der Waals surface area (Å²) in [6, 6.07) is 0. The third kappa shape index (κ3) is 3.80. The van der Waals surface area contributed by atoms with E-state index in [1.807, 2.05) is 0 Å². The lowest BCUT2D eigenvalue weighted by molar-refractivity contribution is -0.130. The second-order valence-corrected chi connectivity index (χ2v) is 4.35. The zero-order chi connectivity index (χ0) is 11.3. The second-order valence-electron chi connectivity index (χ2n) is 4.35. The smallest absolute Gasteiger partial charge is 0.248 e. The standard InChI is InChI=1S/C11H22N2O2/c1-8-4-5-12-6-10(8)7-13-11(14)9(2)15-3/h8-10,12H,4-7H2,1-3H3,(H,13,14).